The number of pyridine rings is 1. The second kappa shape index (κ2) is 3.46. The van der Waals surface area contributed by atoms with Crippen molar-refractivity contribution in [2.75, 3.05) is 0 Å². The van der Waals surface area contributed by atoms with E-state index in [-0.39, 0.29) is 0 Å². The van der Waals surface area contributed by atoms with Crippen LogP contribution in [0.25, 0.3) is 17.3 Å². The van der Waals surface area contributed by atoms with E-state index in [4.69, 9.17) is 0 Å². The highest BCUT2D eigenvalue weighted by molar-refractivity contribution is 5.61. The highest BCUT2D eigenvalue weighted by Crippen LogP contribution is 2.17. The highest BCUT2D eigenvalue weighted by Gasteiger charge is 2.03. The van der Waals surface area contributed by atoms with Crippen molar-refractivity contribution < 1.29 is 0 Å². The van der Waals surface area contributed by atoms with Crippen LogP contribution in [0.15, 0.2) is 37.2 Å². The molecule has 0 aliphatic rings. The molecule has 14 heavy (non-hydrogen) atoms. The summed E-state index contributed by atoms with van der Waals surface area (Å²) in [7, 11) is 1.90. The van der Waals surface area contributed by atoms with Crippen molar-refractivity contribution in [3.63, 3.8) is 0 Å². The van der Waals surface area contributed by atoms with Gasteiger partial charge in [0.2, 0.25) is 0 Å². The Hall–Kier alpha value is -1.90. The topological polar surface area (TPSA) is 30.7 Å². The average molecular weight is 185 g/mol. The number of aryl methyl sites for hydroxylation is 1. The first-order valence-electron chi connectivity index (χ1n) is 4.38. The van der Waals surface area contributed by atoms with Gasteiger partial charge in [0.05, 0.1) is 11.4 Å². The fourth-order valence-electron chi connectivity index (χ4n) is 1.33. The second-order valence-electron chi connectivity index (χ2n) is 3.02. The molecule has 0 aromatic carbocycles. The van der Waals surface area contributed by atoms with E-state index in [1.54, 1.807) is 23.2 Å². The summed E-state index contributed by atoms with van der Waals surface area (Å²) in [5.41, 5.74) is 2.95. The molecule has 3 heteroatoms. The minimum absolute atomic E-state index is 0.926. The Balaban J connectivity index is 2.48. The monoisotopic (exact) mass is 185 g/mol. The number of nitrogens with zero attached hydrogens (tertiary/aromatic N) is 3. The van der Waals surface area contributed by atoms with Gasteiger partial charge in [-0.3, -0.25) is 9.67 Å². The van der Waals surface area contributed by atoms with Gasteiger partial charge in [-0.15, -0.1) is 0 Å². The molecule has 0 bridgehead atoms. The van der Waals surface area contributed by atoms with Crippen LogP contribution in [0.3, 0.4) is 0 Å². The molecule has 3 nitrogen and oxygen atoms in total. The smallest absolute Gasteiger partial charge is 0.0944 e. The third-order valence-corrected chi connectivity index (χ3v) is 2.08. The van der Waals surface area contributed by atoms with Gasteiger partial charge in [0.15, 0.2) is 0 Å². The van der Waals surface area contributed by atoms with E-state index in [1.165, 1.54) is 0 Å². The Morgan fingerprint density at radius 3 is 2.93 bits per heavy atom. The number of aromatic nitrogens is 3. The van der Waals surface area contributed by atoms with Gasteiger partial charge in [0, 0.05) is 25.0 Å². The largest absolute Gasteiger partial charge is 0.268 e. The van der Waals surface area contributed by atoms with Gasteiger partial charge in [0.1, 0.15) is 0 Å². The van der Waals surface area contributed by atoms with Gasteiger partial charge in [-0.05, 0) is 24.3 Å². The van der Waals surface area contributed by atoms with Crippen molar-refractivity contribution >= 4 is 6.08 Å². The summed E-state index contributed by atoms with van der Waals surface area (Å²) in [5.74, 6) is 0. The Labute approximate surface area is 82.7 Å². The van der Waals surface area contributed by atoms with Gasteiger partial charge < -0.3 is 0 Å². The van der Waals surface area contributed by atoms with Crippen LogP contribution in [0.4, 0.5) is 0 Å². The molecule has 0 atom stereocenters. The van der Waals surface area contributed by atoms with Gasteiger partial charge in [-0.2, -0.15) is 5.10 Å². The maximum atomic E-state index is 4.36. The lowest BCUT2D eigenvalue weighted by Crippen LogP contribution is -1.92. The molecule has 0 saturated carbocycles. The maximum absolute atomic E-state index is 4.36. The SMILES string of the molecule is C=Cc1cc(-c2cccnc2)nn1C. The summed E-state index contributed by atoms with van der Waals surface area (Å²) in [6.45, 7) is 3.72. The molecular formula is C11H11N3. The van der Waals surface area contributed by atoms with Crippen LogP contribution in [0, 0.1) is 0 Å². The van der Waals surface area contributed by atoms with E-state index in [0.717, 1.165) is 17.0 Å². The zero-order valence-corrected chi connectivity index (χ0v) is 8.01. The van der Waals surface area contributed by atoms with Crippen molar-refractivity contribution in [3.05, 3.63) is 42.9 Å². The second-order valence-corrected chi connectivity index (χ2v) is 3.02. The van der Waals surface area contributed by atoms with E-state index in [9.17, 15) is 0 Å². The van der Waals surface area contributed by atoms with Gasteiger partial charge >= 0.3 is 0 Å². The van der Waals surface area contributed by atoms with Crippen molar-refractivity contribution in [3.8, 4) is 11.3 Å². The lowest BCUT2D eigenvalue weighted by Gasteiger charge is -1.92. The fraction of sp³-hybridized carbons (Fsp3) is 0.0909. The summed E-state index contributed by atoms with van der Waals surface area (Å²) in [6.07, 6.45) is 5.34. The summed E-state index contributed by atoms with van der Waals surface area (Å²) >= 11 is 0. The predicted octanol–water partition coefficient (Wildman–Crippen LogP) is 2.13. The number of rotatable bonds is 2. The third kappa shape index (κ3) is 1.44. The molecule has 0 saturated heterocycles. The molecule has 0 spiro atoms. The minimum Gasteiger partial charge on any atom is -0.268 e. The Kier molecular flexibility index (Phi) is 2.14. The normalized spacial score (nSPS) is 10.1. The lowest BCUT2D eigenvalue weighted by atomic mass is 10.2. The van der Waals surface area contributed by atoms with Gasteiger partial charge in [-0.25, -0.2) is 0 Å². The quantitative estimate of drug-likeness (QED) is 0.717. The molecule has 2 aromatic rings. The molecule has 0 fully saturated rings. The first-order valence-corrected chi connectivity index (χ1v) is 4.38. The number of hydrogen-bond acceptors (Lipinski definition) is 2. The Morgan fingerprint density at radius 1 is 1.50 bits per heavy atom. The molecule has 2 aromatic heterocycles. The molecule has 0 N–H and O–H groups in total. The lowest BCUT2D eigenvalue weighted by molar-refractivity contribution is 0.762. The molecule has 0 aliphatic heterocycles. The van der Waals surface area contributed by atoms with Gasteiger partial charge in [0.25, 0.3) is 0 Å². The molecular weight excluding hydrogens is 174 g/mol. The Morgan fingerprint density at radius 2 is 2.36 bits per heavy atom. The zero-order chi connectivity index (χ0) is 9.97. The fourth-order valence-corrected chi connectivity index (χ4v) is 1.33. The van der Waals surface area contributed by atoms with Gasteiger partial charge in [-0.1, -0.05) is 6.58 Å². The standard InChI is InChI=1S/C11H11N3/c1-3-10-7-11(13-14(10)2)9-5-4-6-12-8-9/h3-8H,1H2,2H3. The predicted molar refractivity (Wildman–Crippen MR) is 56.5 cm³/mol. The van der Waals surface area contributed by atoms with E-state index < -0.39 is 0 Å². The van der Waals surface area contributed by atoms with Crippen molar-refractivity contribution in [2.45, 2.75) is 0 Å². The molecule has 70 valence electrons. The van der Waals surface area contributed by atoms with Crippen LogP contribution in [0.2, 0.25) is 0 Å². The number of hydrogen-bond donors (Lipinski definition) is 0. The first-order chi connectivity index (χ1) is 6.81. The summed E-state index contributed by atoms with van der Waals surface area (Å²) < 4.78 is 1.80. The van der Waals surface area contributed by atoms with Crippen LogP contribution < -0.4 is 0 Å². The molecule has 0 radical (unpaired) electrons. The van der Waals surface area contributed by atoms with E-state index in [1.807, 2.05) is 25.2 Å². The molecule has 0 amide bonds. The van der Waals surface area contributed by atoms with Crippen LogP contribution in [0.1, 0.15) is 5.69 Å². The van der Waals surface area contributed by atoms with Crippen LogP contribution in [0.5, 0.6) is 0 Å². The first kappa shape index (κ1) is 8.69. The summed E-state index contributed by atoms with van der Waals surface area (Å²) in [6, 6.07) is 5.88. The average Bonchev–Trinajstić information content (AvgIpc) is 2.61. The molecule has 0 aliphatic carbocycles. The van der Waals surface area contributed by atoms with Crippen LogP contribution in [-0.4, -0.2) is 14.8 Å². The van der Waals surface area contributed by atoms with Crippen molar-refractivity contribution in [2.24, 2.45) is 7.05 Å². The van der Waals surface area contributed by atoms with Crippen molar-refractivity contribution in [1.82, 2.24) is 14.8 Å². The summed E-state index contributed by atoms with van der Waals surface area (Å²) in [5, 5.41) is 4.36. The molecule has 2 rings (SSSR count). The zero-order valence-electron chi connectivity index (χ0n) is 8.01. The minimum atomic E-state index is 0.926. The third-order valence-electron chi connectivity index (χ3n) is 2.08. The van der Waals surface area contributed by atoms with E-state index in [2.05, 4.69) is 16.7 Å². The van der Waals surface area contributed by atoms with Crippen LogP contribution in [-0.2, 0) is 7.05 Å². The van der Waals surface area contributed by atoms with Crippen molar-refractivity contribution in [1.29, 1.82) is 0 Å². The van der Waals surface area contributed by atoms with E-state index >= 15 is 0 Å². The highest BCUT2D eigenvalue weighted by atomic mass is 15.3. The maximum Gasteiger partial charge on any atom is 0.0944 e. The van der Waals surface area contributed by atoms with E-state index in [0.29, 0.717) is 0 Å². The molecule has 2 heterocycles. The summed E-state index contributed by atoms with van der Waals surface area (Å²) in [4.78, 5) is 4.05. The van der Waals surface area contributed by atoms with Crippen LogP contribution >= 0.6 is 0 Å². The Bertz CT molecular complexity index is 443. The molecule has 0 unspecified atom stereocenters.